The second-order valence-corrected chi connectivity index (χ2v) is 4.14. The van der Waals surface area contributed by atoms with Crippen LogP contribution in [0.4, 0.5) is 11.4 Å². The molecule has 2 rings (SSSR count). The third kappa shape index (κ3) is 3.00. The average molecular weight is 273 g/mol. The summed E-state index contributed by atoms with van der Waals surface area (Å²) in [7, 11) is 0. The molecule has 0 spiro atoms. The Morgan fingerprint density at radius 1 is 1.37 bits per heavy atom. The van der Waals surface area contributed by atoms with Crippen LogP contribution in [0.5, 0.6) is 0 Å². The van der Waals surface area contributed by atoms with Crippen LogP contribution in [-0.2, 0) is 0 Å². The Morgan fingerprint density at radius 2 is 2.16 bits per heavy atom. The van der Waals surface area contributed by atoms with Crippen LogP contribution in [0, 0.1) is 11.3 Å². The first kappa shape index (κ1) is 12.9. The molecule has 2 aromatic rings. The summed E-state index contributed by atoms with van der Waals surface area (Å²) >= 11 is 5.86. The van der Waals surface area contributed by atoms with Crippen molar-refractivity contribution >= 4 is 28.9 Å². The van der Waals surface area contributed by atoms with Gasteiger partial charge in [-0.05, 0) is 30.3 Å². The van der Waals surface area contributed by atoms with E-state index in [4.69, 9.17) is 22.6 Å². The molecular formula is C13H9ClN4O. The summed E-state index contributed by atoms with van der Waals surface area (Å²) < 4.78 is 0. The zero-order chi connectivity index (χ0) is 13.8. The van der Waals surface area contributed by atoms with Gasteiger partial charge in [-0.3, -0.25) is 4.79 Å². The van der Waals surface area contributed by atoms with Crippen LogP contribution in [0.15, 0.2) is 36.5 Å². The number of carbonyl (C=O) groups is 1. The van der Waals surface area contributed by atoms with E-state index >= 15 is 0 Å². The maximum absolute atomic E-state index is 11.9. The lowest BCUT2D eigenvalue weighted by atomic mass is 10.2. The van der Waals surface area contributed by atoms with E-state index in [2.05, 4.69) is 10.3 Å². The first-order valence-corrected chi connectivity index (χ1v) is 5.70. The number of nitrogens with two attached hydrogens (primary N) is 1. The zero-order valence-corrected chi connectivity index (χ0v) is 10.5. The van der Waals surface area contributed by atoms with E-state index in [0.717, 1.165) is 0 Å². The minimum absolute atomic E-state index is 0.257. The van der Waals surface area contributed by atoms with E-state index in [-0.39, 0.29) is 11.6 Å². The summed E-state index contributed by atoms with van der Waals surface area (Å²) in [5.41, 5.74) is 7.17. The van der Waals surface area contributed by atoms with Gasteiger partial charge in [0.2, 0.25) is 0 Å². The first-order chi connectivity index (χ1) is 9.10. The second-order valence-electron chi connectivity index (χ2n) is 3.73. The molecule has 1 heterocycles. The minimum atomic E-state index is -0.335. The molecule has 1 aromatic heterocycles. The van der Waals surface area contributed by atoms with Crippen molar-refractivity contribution < 1.29 is 4.79 Å². The van der Waals surface area contributed by atoms with Crippen molar-refractivity contribution in [1.82, 2.24) is 4.98 Å². The maximum atomic E-state index is 11.9. The van der Waals surface area contributed by atoms with E-state index in [0.29, 0.717) is 22.0 Å². The number of nitrogens with zero attached hydrogens (tertiary/aromatic N) is 2. The molecule has 0 radical (unpaired) electrons. The first-order valence-electron chi connectivity index (χ1n) is 5.32. The molecule has 0 saturated carbocycles. The smallest absolute Gasteiger partial charge is 0.257 e. The monoisotopic (exact) mass is 272 g/mol. The van der Waals surface area contributed by atoms with Gasteiger partial charge in [0, 0.05) is 11.9 Å². The number of amides is 1. The molecular weight excluding hydrogens is 264 g/mol. The van der Waals surface area contributed by atoms with Gasteiger partial charge in [-0.2, -0.15) is 5.26 Å². The lowest BCUT2D eigenvalue weighted by Crippen LogP contribution is -2.12. The Morgan fingerprint density at radius 3 is 2.74 bits per heavy atom. The molecule has 0 aliphatic carbocycles. The topological polar surface area (TPSA) is 91.8 Å². The van der Waals surface area contributed by atoms with E-state index < -0.39 is 0 Å². The van der Waals surface area contributed by atoms with Gasteiger partial charge in [0.05, 0.1) is 16.3 Å². The number of pyridine rings is 1. The van der Waals surface area contributed by atoms with Crippen molar-refractivity contribution in [2.24, 2.45) is 0 Å². The fourth-order valence-corrected chi connectivity index (χ4v) is 1.58. The SMILES string of the molecule is N#Cc1ccc(C(=O)Nc2ccc(N)c(Cl)c2)cn1. The normalized spacial score (nSPS) is 9.68. The van der Waals surface area contributed by atoms with Gasteiger partial charge >= 0.3 is 0 Å². The largest absolute Gasteiger partial charge is 0.398 e. The molecule has 19 heavy (non-hydrogen) atoms. The summed E-state index contributed by atoms with van der Waals surface area (Å²) in [6, 6.07) is 9.70. The number of nitrogen functional groups attached to an aromatic ring is 1. The highest BCUT2D eigenvalue weighted by atomic mass is 35.5. The Hall–Kier alpha value is -2.58. The number of anilines is 2. The molecule has 0 fully saturated rings. The van der Waals surface area contributed by atoms with E-state index in [1.54, 1.807) is 18.2 Å². The van der Waals surface area contributed by atoms with Crippen LogP contribution in [0.2, 0.25) is 5.02 Å². The molecule has 0 bridgehead atoms. The highest BCUT2D eigenvalue weighted by molar-refractivity contribution is 6.33. The van der Waals surface area contributed by atoms with Crippen LogP contribution in [0.25, 0.3) is 0 Å². The van der Waals surface area contributed by atoms with Crippen LogP contribution in [0.1, 0.15) is 16.1 Å². The third-order valence-electron chi connectivity index (χ3n) is 2.40. The zero-order valence-electron chi connectivity index (χ0n) is 9.72. The van der Waals surface area contributed by atoms with E-state index in [1.165, 1.54) is 18.3 Å². The summed E-state index contributed by atoms with van der Waals surface area (Å²) in [6.07, 6.45) is 1.34. The number of aromatic nitrogens is 1. The Labute approximate surface area is 114 Å². The molecule has 94 valence electrons. The minimum Gasteiger partial charge on any atom is -0.398 e. The standard InChI is InChI=1S/C13H9ClN4O/c14-11-5-9(3-4-12(11)16)18-13(19)8-1-2-10(6-15)17-7-8/h1-5,7H,16H2,(H,18,19). The van der Waals surface area contributed by atoms with Crippen molar-refractivity contribution in [3.63, 3.8) is 0 Å². The van der Waals surface area contributed by atoms with E-state index in [9.17, 15) is 4.79 Å². The third-order valence-corrected chi connectivity index (χ3v) is 2.73. The number of halogens is 1. The van der Waals surface area contributed by atoms with Gasteiger partial charge in [-0.25, -0.2) is 4.98 Å². The highest BCUT2D eigenvalue weighted by Gasteiger charge is 2.07. The molecule has 1 aromatic carbocycles. The van der Waals surface area contributed by atoms with Crippen LogP contribution in [0.3, 0.4) is 0 Å². The van der Waals surface area contributed by atoms with Gasteiger partial charge in [0.15, 0.2) is 0 Å². The summed E-state index contributed by atoms with van der Waals surface area (Å²) in [5, 5.41) is 11.7. The van der Waals surface area contributed by atoms with E-state index in [1.807, 2.05) is 6.07 Å². The summed E-state index contributed by atoms with van der Waals surface area (Å²) in [5.74, 6) is -0.335. The van der Waals surface area contributed by atoms with Crippen molar-refractivity contribution in [3.8, 4) is 6.07 Å². The predicted octanol–water partition coefficient (Wildman–Crippen LogP) is 2.44. The number of nitriles is 1. The molecule has 6 heteroatoms. The van der Waals surface area contributed by atoms with Crippen molar-refractivity contribution in [1.29, 1.82) is 5.26 Å². The Bertz CT molecular complexity index is 661. The number of carbonyl (C=O) groups excluding carboxylic acids is 1. The van der Waals surface area contributed by atoms with Gasteiger partial charge in [0.25, 0.3) is 5.91 Å². The van der Waals surface area contributed by atoms with Crippen LogP contribution in [-0.4, -0.2) is 10.9 Å². The second kappa shape index (κ2) is 5.38. The molecule has 3 N–H and O–H groups in total. The van der Waals surface area contributed by atoms with Gasteiger partial charge in [-0.1, -0.05) is 11.6 Å². The molecule has 0 unspecified atom stereocenters. The summed E-state index contributed by atoms with van der Waals surface area (Å²) in [6.45, 7) is 0. The molecule has 5 nitrogen and oxygen atoms in total. The lowest BCUT2D eigenvalue weighted by Gasteiger charge is -2.06. The maximum Gasteiger partial charge on any atom is 0.257 e. The lowest BCUT2D eigenvalue weighted by molar-refractivity contribution is 0.102. The van der Waals surface area contributed by atoms with Crippen LogP contribution >= 0.6 is 11.6 Å². The van der Waals surface area contributed by atoms with Gasteiger partial charge in [0.1, 0.15) is 11.8 Å². The average Bonchev–Trinajstić information content (AvgIpc) is 2.43. The quantitative estimate of drug-likeness (QED) is 0.821. The predicted molar refractivity (Wildman–Crippen MR) is 72.8 cm³/mol. The van der Waals surface area contributed by atoms with Crippen molar-refractivity contribution in [2.75, 3.05) is 11.1 Å². The fraction of sp³-hybridized carbons (Fsp3) is 0. The molecule has 1 amide bonds. The summed E-state index contributed by atoms with van der Waals surface area (Å²) in [4.78, 5) is 15.7. The number of benzene rings is 1. The molecule has 0 atom stereocenters. The van der Waals surface area contributed by atoms with Gasteiger partial charge < -0.3 is 11.1 Å². The number of rotatable bonds is 2. The highest BCUT2D eigenvalue weighted by Crippen LogP contribution is 2.22. The van der Waals surface area contributed by atoms with Crippen molar-refractivity contribution in [2.45, 2.75) is 0 Å². The number of hydrogen-bond donors (Lipinski definition) is 2. The Balaban J connectivity index is 2.16. The molecule has 0 aliphatic rings. The number of nitrogens with one attached hydrogen (secondary N) is 1. The number of hydrogen-bond acceptors (Lipinski definition) is 4. The molecule has 0 saturated heterocycles. The fourth-order valence-electron chi connectivity index (χ4n) is 1.40. The Kier molecular flexibility index (Phi) is 3.64. The van der Waals surface area contributed by atoms with Crippen LogP contribution < -0.4 is 11.1 Å². The van der Waals surface area contributed by atoms with Crippen molar-refractivity contribution in [3.05, 3.63) is 52.8 Å². The molecule has 0 aliphatic heterocycles. The van der Waals surface area contributed by atoms with Gasteiger partial charge in [-0.15, -0.1) is 0 Å².